The minimum absolute atomic E-state index is 0.00845. The fraction of sp³-hybridized carbons (Fsp3) is 0.438. The molecule has 2 heterocycles. The molecule has 0 aliphatic rings. The third-order valence-electron chi connectivity index (χ3n) is 3.49. The highest BCUT2D eigenvalue weighted by atomic mass is 19.4. The summed E-state index contributed by atoms with van der Waals surface area (Å²) in [5, 5.41) is 11.9. The zero-order valence-corrected chi connectivity index (χ0v) is 13.4. The van der Waals surface area contributed by atoms with Crippen LogP contribution in [-0.2, 0) is 6.18 Å². The molecule has 0 aliphatic heterocycles. The summed E-state index contributed by atoms with van der Waals surface area (Å²) in [6.45, 7) is 4.20. The van der Waals surface area contributed by atoms with Gasteiger partial charge in [-0.1, -0.05) is 13.8 Å². The summed E-state index contributed by atoms with van der Waals surface area (Å²) in [5.41, 5.74) is -0.838. The number of hydrogen-bond donors (Lipinski definition) is 2. The molecule has 2 aromatic heterocycles. The van der Waals surface area contributed by atoms with E-state index in [0.717, 1.165) is 6.07 Å². The average molecular weight is 340 g/mol. The van der Waals surface area contributed by atoms with Crippen LogP contribution in [0.1, 0.15) is 26.0 Å². The Bertz CT molecular complexity index is 675. The number of rotatable bonds is 6. The number of hydrogen-bond acceptors (Lipinski definition) is 5. The van der Waals surface area contributed by atoms with E-state index in [1.807, 2.05) is 13.8 Å². The summed E-state index contributed by atoms with van der Waals surface area (Å²) in [4.78, 5) is 11.6. The summed E-state index contributed by atoms with van der Waals surface area (Å²) in [6.07, 6.45) is -1.11. The number of nitrogens with zero attached hydrogens (tertiary/aromatic N) is 3. The van der Waals surface area contributed by atoms with E-state index in [9.17, 15) is 13.2 Å². The molecule has 5 nitrogen and oxygen atoms in total. The lowest BCUT2D eigenvalue weighted by Gasteiger charge is -2.24. The maximum atomic E-state index is 13.1. The van der Waals surface area contributed by atoms with Gasteiger partial charge in [0.25, 0.3) is 0 Å². The third kappa shape index (κ3) is 4.89. The molecular weight excluding hydrogens is 321 g/mol. The Hall–Kier alpha value is -2.22. The first-order valence-corrected chi connectivity index (χ1v) is 7.43. The Balaban J connectivity index is 2.34. The van der Waals surface area contributed by atoms with Crippen LogP contribution in [-0.4, -0.2) is 33.2 Å². The van der Waals surface area contributed by atoms with E-state index in [1.165, 1.54) is 12.4 Å². The minimum Gasteiger partial charge on any atom is -0.396 e. The van der Waals surface area contributed by atoms with Crippen molar-refractivity contribution in [1.82, 2.24) is 15.0 Å². The summed E-state index contributed by atoms with van der Waals surface area (Å²) < 4.78 is 39.3. The van der Waals surface area contributed by atoms with Crippen LogP contribution < -0.4 is 5.32 Å². The van der Waals surface area contributed by atoms with Gasteiger partial charge in [0.05, 0.1) is 0 Å². The van der Waals surface area contributed by atoms with Crippen molar-refractivity contribution in [3.05, 3.63) is 36.3 Å². The second-order valence-electron chi connectivity index (χ2n) is 6.19. The SMILES string of the molecule is CC(C)(CCO)CNc1cc(C(F)(F)F)nc(-c2ccncc2)n1. The van der Waals surface area contributed by atoms with Gasteiger partial charge in [-0.05, 0) is 24.0 Å². The molecule has 2 rings (SSSR count). The second-order valence-corrected chi connectivity index (χ2v) is 6.19. The number of alkyl halides is 3. The van der Waals surface area contributed by atoms with E-state index < -0.39 is 11.9 Å². The van der Waals surface area contributed by atoms with Gasteiger partial charge >= 0.3 is 6.18 Å². The third-order valence-corrected chi connectivity index (χ3v) is 3.49. The summed E-state index contributed by atoms with van der Waals surface area (Å²) >= 11 is 0. The molecule has 0 amide bonds. The zero-order chi connectivity index (χ0) is 17.8. The largest absolute Gasteiger partial charge is 0.433 e. The van der Waals surface area contributed by atoms with Crippen molar-refractivity contribution in [2.75, 3.05) is 18.5 Å². The van der Waals surface area contributed by atoms with Gasteiger partial charge in [0.15, 0.2) is 11.5 Å². The first-order chi connectivity index (χ1) is 11.2. The van der Waals surface area contributed by atoms with Crippen LogP contribution in [0.3, 0.4) is 0 Å². The van der Waals surface area contributed by atoms with Crippen molar-refractivity contribution >= 4 is 5.82 Å². The first kappa shape index (κ1) is 18.1. The van der Waals surface area contributed by atoms with Crippen LogP contribution in [0.25, 0.3) is 11.4 Å². The van der Waals surface area contributed by atoms with Crippen molar-refractivity contribution in [1.29, 1.82) is 0 Å². The van der Waals surface area contributed by atoms with Crippen LogP contribution >= 0.6 is 0 Å². The zero-order valence-electron chi connectivity index (χ0n) is 13.4. The van der Waals surface area contributed by atoms with Gasteiger partial charge < -0.3 is 10.4 Å². The van der Waals surface area contributed by atoms with Crippen molar-refractivity contribution < 1.29 is 18.3 Å². The quantitative estimate of drug-likeness (QED) is 0.843. The summed E-state index contributed by atoms with van der Waals surface area (Å²) in [7, 11) is 0. The lowest BCUT2D eigenvalue weighted by atomic mass is 9.90. The average Bonchev–Trinajstić information content (AvgIpc) is 2.53. The summed E-state index contributed by atoms with van der Waals surface area (Å²) in [5.74, 6) is 0.0739. The van der Waals surface area contributed by atoms with Crippen molar-refractivity contribution in [3.63, 3.8) is 0 Å². The topological polar surface area (TPSA) is 70.9 Å². The Labute approximate surface area is 138 Å². The normalized spacial score (nSPS) is 12.2. The van der Waals surface area contributed by atoms with Crippen LogP contribution in [0.4, 0.5) is 19.0 Å². The molecule has 0 spiro atoms. The molecule has 2 N–H and O–H groups in total. The lowest BCUT2D eigenvalue weighted by molar-refractivity contribution is -0.141. The lowest BCUT2D eigenvalue weighted by Crippen LogP contribution is -2.25. The number of pyridine rings is 1. The molecule has 0 aliphatic carbocycles. The highest BCUT2D eigenvalue weighted by molar-refractivity contribution is 5.57. The summed E-state index contributed by atoms with van der Waals surface area (Å²) in [6, 6.07) is 3.99. The van der Waals surface area contributed by atoms with Crippen LogP contribution in [0.15, 0.2) is 30.6 Å². The number of anilines is 1. The molecule has 0 saturated heterocycles. The molecule has 130 valence electrons. The highest BCUT2D eigenvalue weighted by Crippen LogP contribution is 2.31. The second kappa shape index (κ2) is 7.12. The molecule has 24 heavy (non-hydrogen) atoms. The molecule has 0 unspecified atom stereocenters. The molecule has 0 fully saturated rings. The monoisotopic (exact) mass is 340 g/mol. The fourth-order valence-corrected chi connectivity index (χ4v) is 2.03. The molecule has 0 radical (unpaired) electrons. The van der Waals surface area contributed by atoms with E-state index >= 15 is 0 Å². The number of halogens is 3. The van der Waals surface area contributed by atoms with E-state index in [-0.39, 0.29) is 23.7 Å². The fourth-order valence-electron chi connectivity index (χ4n) is 2.03. The van der Waals surface area contributed by atoms with Gasteiger partial charge in [-0.2, -0.15) is 13.2 Å². The van der Waals surface area contributed by atoms with Crippen LogP contribution in [0.5, 0.6) is 0 Å². The van der Waals surface area contributed by atoms with Gasteiger partial charge in [-0.3, -0.25) is 4.98 Å². The Morgan fingerprint density at radius 2 is 1.79 bits per heavy atom. The molecule has 0 aromatic carbocycles. The van der Waals surface area contributed by atoms with E-state index in [1.54, 1.807) is 12.1 Å². The molecule has 0 saturated carbocycles. The minimum atomic E-state index is -4.57. The molecule has 8 heteroatoms. The van der Waals surface area contributed by atoms with E-state index in [0.29, 0.717) is 18.5 Å². The van der Waals surface area contributed by atoms with E-state index in [2.05, 4.69) is 20.3 Å². The molecular formula is C16H19F3N4O. The van der Waals surface area contributed by atoms with Gasteiger partial charge in [-0.15, -0.1) is 0 Å². The standard InChI is InChI=1S/C16H19F3N4O/c1-15(2,5-8-24)10-21-13-9-12(16(17,18)19)22-14(23-13)11-3-6-20-7-4-11/h3-4,6-7,9,24H,5,8,10H2,1-2H3,(H,21,22,23). The maximum Gasteiger partial charge on any atom is 0.433 e. The number of aliphatic hydroxyl groups excluding tert-OH is 1. The molecule has 0 bridgehead atoms. The number of aromatic nitrogens is 3. The Morgan fingerprint density at radius 1 is 1.12 bits per heavy atom. The Morgan fingerprint density at radius 3 is 2.38 bits per heavy atom. The highest BCUT2D eigenvalue weighted by Gasteiger charge is 2.34. The van der Waals surface area contributed by atoms with Crippen LogP contribution in [0.2, 0.25) is 0 Å². The smallest absolute Gasteiger partial charge is 0.396 e. The molecule has 0 atom stereocenters. The Kier molecular flexibility index (Phi) is 5.38. The maximum absolute atomic E-state index is 13.1. The number of aliphatic hydroxyl groups is 1. The van der Waals surface area contributed by atoms with Gasteiger partial charge in [-0.25, -0.2) is 9.97 Å². The predicted octanol–water partition coefficient (Wildman–Crippen LogP) is 3.38. The van der Waals surface area contributed by atoms with Gasteiger partial charge in [0.2, 0.25) is 0 Å². The van der Waals surface area contributed by atoms with Crippen LogP contribution in [0, 0.1) is 5.41 Å². The van der Waals surface area contributed by atoms with Crippen molar-refractivity contribution in [2.24, 2.45) is 5.41 Å². The van der Waals surface area contributed by atoms with Gasteiger partial charge in [0.1, 0.15) is 5.82 Å². The first-order valence-electron chi connectivity index (χ1n) is 7.43. The predicted molar refractivity (Wildman–Crippen MR) is 84.2 cm³/mol. The number of nitrogens with one attached hydrogen (secondary N) is 1. The molecule has 2 aromatic rings. The van der Waals surface area contributed by atoms with E-state index in [4.69, 9.17) is 5.11 Å². The van der Waals surface area contributed by atoms with Crippen molar-refractivity contribution in [2.45, 2.75) is 26.4 Å². The van der Waals surface area contributed by atoms with Gasteiger partial charge in [0, 0.05) is 37.2 Å². The van der Waals surface area contributed by atoms with Crippen molar-refractivity contribution in [3.8, 4) is 11.4 Å².